The van der Waals surface area contributed by atoms with E-state index in [4.69, 9.17) is 9.47 Å². The van der Waals surface area contributed by atoms with Crippen molar-refractivity contribution in [2.45, 2.75) is 57.0 Å². The molecule has 14 heteroatoms. The molecule has 0 bridgehead atoms. The molecule has 2 N–H and O–H groups in total. The van der Waals surface area contributed by atoms with Crippen molar-refractivity contribution >= 4 is 39.9 Å². The molecule has 1 aromatic heterocycles. The Labute approximate surface area is 308 Å². The van der Waals surface area contributed by atoms with E-state index in [1.54, 1.807) is 24.3 Å². The van der Waals surface area contributed by atoms with Gasteiger partial charge in [0.1, 0.15) is 11.6 Å². The van der Waals surface area contributed by atoms with Gasteiger partial charge in [-0.05, 0) is 91.3 Å². The lowest BCUT2D eigenvalue weighted by atomic mass is 10.0. The summed E-state index contributed by atoms with van der Waals surface area (Å²) in [4.78, 5) is 30.0. The molecule has 0 unspecified atom stereocenters. The molecule has 9 nitrogen and oxygen atoms in total. The maximum atomic E-state index is 14.3. The lowest BCUT2D eigenvalue weighted by Gasteiger charge is -2.37. The van der Waals surface area contributed by atoms with Gasteiger partial charge in [0.15, 0.2) is 5.82 Å². The van der Waals surface area contributed by atoms with Crippen LogP contribution >= 0.6 is 0 Å². The summed E-state index contributed by atoms with van der Waals surface area (Å²) in [6.45, 7) is 1.90. The highest BCUT2D eigenvalue weighted by Crippen LogP contribution is 2.36. The van der Waals surface area contributed by atoms with Gasteiger partial charge < -0.3 is 24.6 Å². The minimum Gasteiger partial charge on any atom is -0.381 e. The zero-order valence-electron chi connectivity index (χ0n) is 29.2. The molecule has 0 aliphatic carbocycles. The third-order valence-corrected chi connectivity index (χ3v) is 9.83. The fourth-order valence-corrected chi connectivity index (χ4v) is 7.12. The van der Waals surface area contributed by atoms with E-state index in [0.717, 1.165) is 11.6 Å². The van der Waals surface area contributed by atoms with Crippen LogP contribution in [0.3, 0.4) is 0 Å². The second-order valence-corrected chi connectivity index (χ2v) is 13.6. The zero-order valence-corrected chi connectivity index (χ0v) is 29.2. The van der Waals surface area contributed by atoms with Gasteiger partial charge in [0.05, 0.1) is 29.5 Å². The summed E-state index contributed by atoms with van der Waals surface area (Å²) < 4.78 is 82.1. The van der Waals surface area contributed by atoms with Gasteiger partial charge >= 0.3 is 12.1 Å². The number of nitrogens with zero attached hydrogens (tertiary/aromatic N) is 3. The Hall–Kier alpha value is -5.34. The molecule has 3 heterocycles. The summed E-state index contributed by atoms with van der Waals surface area (Å²) in [5.41, 5.74) is 2.93. The molecule has 2 aliphatic heterocycles. The van der Waals surface area contributed by atoms with Gasteiger partial charge in [-0.1, -0.05) is 36.4 Å². The van der Waals surface area contributed by atoms with Crippen LogP contribution in [0, 0.1) is 11.6 Å². The van der Waals surface area contributed by atoms with E-state index in [1.165, 1.54) is 24.3 Å². The van der Waals surface area contributed by atoms with Gasteiger partial charge in [0.2, 0.25) is 0 Å². The maximum Gasteiger partial charge on any atom is 0.471 e. The van der Waals surface area contributed by atoms with Crippen LogP contribution in [0.5, 0.6) is 0 Å². The third-order valence-electron chi connectivity index (χ3n) is 9.83. The van der Waals surface area contributed by atoms with Crippen molar-refractivity contribution in [3.63, 3.8) is 0 Å². The number of carbonyl (C=O) groups excluding carboxylic acids is 2. The smallest absolute Gasteiger partial charge is 0.381 e. The van der Waals surface area contributed by atoms with Crippen molar-refractivity contribution in [2.24, 2.45) is 0 Å². The summed E-state index contributed by atoms with van der Waals surface area (Å²) >= 11 is 0. The van der Waals surface area contributed by atoms with Gasteiger partial charge in [-0.2, -0.15) is 18.3 Å². The van der Waals surface area contributed by atoms with Crippen LogP contribution in [-0.2, 0) is 27.3 Å². The zero-order chi connectivity index (χ0) is 37.8. The number of anilines is 3. The molecule has 0 atom stereocenters. The van der Waals surface area contributed by atoms with Gasteiger partial charge in [-0.3, -0.25) is 14.7 Å². The fraction of sp³-hybridized carbons (Fsp3) is 0.325. The topological polar surface area (TPSA) is 99.8 Å². The van der Waals surface area contributed by atoms with Gasteiger partial charge in [0.25, 0.3) is 5.91 Å². The Morgan fingerprint density at radius 3 is 2.30 bits per heavy atom. The third kappa shape index (κ3) is 8.55. The van der Waals surface area contributed by atoms with Crippen molar-refractivity contribution in [1.82, 2.24) is 10.2 Å². The second-order valence-electron chi connectivity index (χ2n) is 13.6. The first-order valence-electron chi connectivity index (χ1n) is 17.8. The summed E-state index contributed by atoms with van der Waals surface area (Å²) in [7, 11) is 0. The summed E-state index contributed by atoms with van der Waals surface area (Å²) in [6, 6.07) is 21.9. The number of ether oxygens (including phenoxy) is 2. The minimum absolute atomic E-state index is 0.00395. The number of carbonyl (C=O) groups is 2. The lowest BCUT2D eigenvalue weighted by Crippen LogP contribution is -2.50. The van der Waals surface area contributed by atoms with E-state index >= 15 is 0 Å². The number of hydrogen-bond donors (Lipinski definition) is 2. The van der Waals surface area contributed by atoms with Crippen LogP contribution in [0.1, 0.15) is 52.7 Å². The number of fused-ring (bicyclic) bond motifs is 1. The van der Waals surface area contributed by atoms with Crippen molar-refractivity contribution < 1.29 is 41.0 Å². The van der Waals surface area contributed by atoms with Crippen LogP contribution in [0.15, 0.2) is 84.9 Å². The number of rotatable bonds is 10. The van der Waals surface area contributed by atoms with E-state index in [1.807, 2.05) is 35.2 Å². The van der Waals surface area contributed by atoms with E-state index in [-0.39, 0.29) is 55.6 Å². The number of nitrogens with one attached hydrogen (secondary N) is 2. The first kappa shape index (κ1) is 37.0. The number of H-pyrrole nitrogens is 1. The van der Waals surface area contributed by atoms with Crippen molar-refractivity contribution in [3.05, 3.63) is 119 Å². The monoisotopic (exact) mass is 747 g/mol. The number of amides is 2. The lowest BCUT2D eigenvalue weighted by molar-refractivity contribution is -0.171. The van der Waals surface area contributed by atoms with Crippen LogP contribution in [-0.4, -0.2) is 66.6 Å². The molecule has 4 aromatic carbocycles. The summed E-state index contributed by atoms with van der Waals surface area (Å²) in [6.07, 6.45) is -3.37. The predicted molar refractivity (Wildman–Crippen MR) is 194 cm³/mol. The van der Waals surface area contributed by atoms with Crippen molar-refractivity contribution in [3.8, 4) is 0 Å². The van der Waals surface area contributed by atoms with Crippen LogP contribution < -0.4 is 15.1 Å². The van der Waals surface area contributed by atoms with Gasteiger partial charge in [-0.15, -0.1) is 0 Å². The molecule has 0 radical (unpaired) electrons. The average molecular weight is 748 g/mol. The Morgan fingerprint density at radius 2 is 1.59 bits per heavy atom. The number of piperidine rings is 1. The Balaban J connectivity index is 1.17. The molecule has 7 rings (SSSR count). The molecule has 2 fully saturated rings. The van der Waals surface area contributed by atoms with E-state index < -0.39 is 35.7 Å². The van der Waals surface area contributed by atoms with E-state index in [0.29, 0.717) is 65.2 Å². The van der Waals surface area contributed by atoms with Crippen molar-refractivity contribution in [2.75, 3.05) is 41.4 Å². The summed E-state index contributed by atoms with van der Waals surface area (Å²) in [5.74, 6) is -4.17. The quantitative estimate of drug-likeness (QED) is 0.141. The first-order valence-corrected chi connectivity index (χ1v) is 17.8. The van der Waals surface area contributed by atoms with E-state index in [9.17, 15) is 31.5 Å². The molecular formula is C40H38F5N5O4. The SMILES string of the molecule is O=C(Nc1n[nH]c2ccc(Cc3cc(F)cc(F)c3)cc12)c1ccc(N2CCC(OCc3ccccc3)CC2)cc1N(C(=O)C(F)(F)F)C1CCOCC1. The minimum atomic E-state index is -5.21. The molecule has 5 aromatic rings. The highest BCUT2D eigenvalue weighted by Gasteiger charge is 2.46. The largest absolute Gasteiger partial charge is 0.471 e. The predicted octanol–water partition coefficient (Wildman–Crippen LogP) is 7.94. The first-order chi connectivity index (χ1) is 26.0. The number of alkyl halides is 3. The van der Waals surface area contributed by atoms with E-state index in [2.05, 4.69) is 15.5 Å². The Bertz CT molecular complexity index is 2090. The van der Waals surface area contributed by atoms with Gasteiger partial charge in [0, 0.05) is 49.5 Å². The highest BCUT2D eigenvalue weighted by molar-refractivity contribution is 6.13. The number of halogens is 5. The number of aromatic amines is 1. The fourth-order valence-electron chi connectivity index (χ4n) is 7.12. The summed E-state index contributed by atoms with van der Waals surface area (Å²) in [5, 5.41) is 10.3. The molecule has 0 saturated carbocycles. The molecule has 2 aliphatic rings. The maximum absolute atomic E-state index is 14.3. The van der Waals surface area contributed by atoms with Crippen LogP contribution in [0.4, 0.5) is 39.1 Å². The molecule has 2 saturated heterocycles. The molecule has 2 amide bonds. The molecule has 0 spiro atoms. The standard InChI is InChI=1S/C40H38F5N5O4/c41-28-19-27(20-29(42)22-28)18-26-6-9-35-34(21-26)37(48-47-35)46-38(51)33-8-7-31(49-14-10-32(11-15-49)54-24-25-4-2-1-3-5-25)23-36(33)50(39(52)40(43,44)45)30-12-16-53-17-13-30/h1-9,19-23,30,32H,10-18,24H2,(H2,46,47,48,51). The van der Waals surface area contributed by atoms with Crippen molar-refractivity contribution in [1.29, 1.82) is 0 Å². The Morgan fingerprint density at radius 1 is 0.870 bits per heavy atom. The number of benzene rings is 4. The van der Waals surface area contributed by atoms with Crippen LogP contribution in [0.25, 0.3) is 10.9 Å². The molecular weight excluding hydrogens is 709 g/mol. The normalized spacial score (nSPS) is 15.8. The average Bonchev–Trinajstić information content (AvgIpc) is 3.55. The number of hydrogen-bond acceptors (Lipinski definition) is 6. The van der Waals surface area contributed by atoms with Gasteiger partial charge in [-0.25, -0.2) is 8.78 Å². The molecule has 282 valence electrons. The highest BCUT2D eigenvalue weighted by atomic mass is 19.4. The Kier molecular flexibility index (Phi) is 10.9. The van der Waals surface area contributed by atoms with Crippen LogP contribution in [0.2, 0.25) is 0 Å². The molecule has 54 heavy (non-hydrogen) atoms. The second kappa shape index (κ2) is 15.9. The number of aromatic nitrogens is 2.